The van der Waals surface area contributed by atoms with Gasteiger partial charge in [-0.1, -0.05) is 0 Å². The molecule has 9 heteroatoms. The van der Waals surface area contributed by atoms with Crippen molar-refractivity contribution < 1.29 is 13.2 Å². The van der Waals surface area contributed by atoms with Gasteiger partial charge < -0.3 is 10.6 Å². The predicted octanol–water partition coefficient (Wildman–Crippen LogP) is 0.767. The van der Waals surface area contributed by atoms with E-state index in [9.17, 15) is 13.2 Å². The van der Waals surface area contributed by atoms with Gasteiger partial charge in [0.1, 0.15) is 4.90 Å². The fourth-order valence-electron chi connectivity index (χ4n) is 4.18. The molecule has 146 valence electrons. The third-order valence-electron chi connectivity index (χ3n) is 5.57. The molecule has 1 aromatic rings. The average Bonchev–Trinajstić information content (AvgIpc) is 3.00. The highest BCUT2D eigenvalue weighted by Crippen LogP contribution is 2.29. The molecule has 0 spiro atoms. The second-order valence-electron chi connectivity index (χ2n) is 7.38. The van der Waals surface area contributed by atoms with E-state index in [1.165, 1.54) is 4.31 Å². The van der Waals surface area contributed by atoms with E-state index in [0.29, 0.717) is 30.9 Å². The summed E-state index contributed by atoms with van der Waals surface area (Å²) >= 11 is 0. The summed E-state index contributed by atoms with van der Waals surface area (Å²) in [6.45, 7) is 5.26. The highest BCUT2D eigenvalue weighted by molar-refractivity contribution is 7.89. The molecular formula is C17H29N5O3S. The van der Waals surface area contributed by atoms with E-state index in [4.69, 9.17) is 5.73 Å². The van der Waals surface area contributed by atoms with E-state index in [2.05, 4.69) is 10.2 Å². The van der Waals surface area contributed by atoms with Gasteiger partial charge in [0.15, 0.2) is 0 Å². The number of H-pyrrole nitrogens is 1. The van der Waals surface area contributed by atoms with Crippen LogP contribution < -0.4 is 5.73 Å². The maximum Gasteiger partial charge on any atom is 0.246 e. The number of carbonyl (C=O) groups is 1. The van der Waals surface area contributed by atoms with Gasteiger partial charge in [0.25, 0.3) is 0 Å². The van der Waals surface area contributed by atoms with Gasteiger partial charge >= 0.3 is 0 Å². The standard InChI is InChI=1S/C17H29N5O3S/c1-12-16(13(2)20-19-12)26(24,25)21-8-5-6-14(11-21)17(23)22-9-4-3-7-15(22)10-18/h14-15H,3-11,18H2,1-2H3,(H,19,20). The molecule has 0 aromatic carbocycles. The van der Waals surface area contributed by atoms with E-state index in [0.717, 1.165) is 32.2 Å². The van der Waals surface area contributed by atoms with Gasteiger partial charge in [-0.3, -0.25) is 9.89 Å². The molecule has 0 saturated carbocycles. The molecule has 2 unspecified atom stereocenters. The number of sulfonamides is 1. The van der Waals surface area contributed by atoms with Crippen molar-refractivity contribution in [2.24, 2.45) is 11.7 Å². The number of aromatic nitrogens is 2. The van der Waals surface area contributed by atoms with Crippen LogP contribution in [0, 0.1) is 19.8 Å². The number of piperidine rings is 2. The summed E-state index contributed by atoms with van der Waals surface area (Å²) < 4.78 is 27.6. The lowest BCUT2D eigenvalue weighted by molar-refractivity contribution is -0.140. The Balaban J connectivity index is 1.78. The zero-order chi connectivity index (χ0) is 18.9. The number of aromatic amines is 1. The molecule has 2 aliphatic rings. The van der Waals surface area contributed by atoms with Crippen LogP contribution in [0.2, 0.25) is 0 Å². The minimum atomic E-state index is -3.65. The third-order valence-corrected chi connectivity index (χ3v) is 7.70. The summed E-state index contributed by atoms with van der Waals surface area (Å²) in [4.78, 5) is 15.2. The molecule has 2 aliphatic heterocycles. The normalized spacial score (nSPS) is 25.4. The van der Waals surface area contributed by atoms with Crippen molar-refractivity contribution in [3.8, 4) is 0 Å². The Labute approximate surface area is 155 Å². The van der Waals surface area contributed by atoms with Gasteiger partial charge in [-0.25, -0.2) is 8.42 Å². The van der Waals surface area contributed by atoms with Gasteiger partial charge in [0.05, 0.1) is 17.3 Å². The Bertz CT molecular complexity index is 741. The lowest BCUT2D eigenvalue weighted by Crippen LogP contribution is -2.53. The monoisotopic (exact) mass is 383 g/mol. The molecule has 3 N–H and O–H groups in total. The first-order valence-corrected chi connectivity index (χ1v) is 10.8. The summed E-state index contributed by atoms with van der Waals surface area (Å²) in [6.07, 6.45) is 4.43. The number of carbonyl (C=O) groups excluding carboxylic acids is 1. The highest BCUT2D eigenvalue weighted by atomic mass is 32.2. The van der Waals surface area contributed by atoms with E-state index in [-0.39, 0.29) is 29.3 Å². The number of aryl methyl sites for hydroxylation is 2. The van der Waals surface area contributed by atoms with Crippen molar-refractivity contribution in [2.45, 2.75) is 56.9 Å². The van der Waals surface area contributed by atoms with E-state index < -0.39 is 10.0 Å². The molecule has 0 radical (unpaired) electrons. The molecule has 1 aromatic heterocycles. The van der Waals surface area contributed by atoms with Gasteiger partial charge in [-0.15, -0.1) is 0 Å². The Morgan fingerprint density at radius 3 is 2.65 bits per heavy atom. The van der Waals surface area contributed by atoms with Gasteiger partial charge in [0, 0.05) is 32.2 Å². The number of nitrogens with one attached hydrogen (secondary N) is 1. The van der Waals surface area contributed by atoms with Crippen molar-refractivity contribution in [2.75, 3.05) is 26.2 Å². The van der Waals surface area contributed by atoms with Crippen molar-refractivity contribution in [1.29, 1.82) is 0 Å². The van der Waals surface area contributed by atoms with Crippen LogP contribution in [0.25, 0.3) is 0 Å². The summed E-state index contributed by atoms with van der Waals surface area (Å²) in [7, 11) is -3.65. The quantitative estimate of drug-likeness (QED) is 0.797. The maximum atomic E-state index is 13.1. The lowest BCUT2D eigenvalue weighted by Gasteiger charge is -2.39. The number of hydrogen-bond donors (Lipinski definition) is 2. The predicted molar refractivity (Wildman–Crippen MR) is 98.0 cm³/mol. The minimum Gasteiger partial charge on any atom is -0.338 e. The van der Waals surface area contributed by atoms with Gasteiger partial charge in [0.2, 0.25) is 15.9 Å². The van der Waals surface area contributed by atoms with Crippen LogP contribution in [0.5, 0.6) is 0 Å². The first-order chi connectivity index (χ1) is 12.4. The number of rotatable bonds is 4. The number of nitrogens with zero attached hydrogens (tertiary/aromatic N) is 3. The molecule has 2 fully saturated rings. The van der Waals surface area contributed by atoms with Crippen LogP contribution in [0.3, 0.4) is 0 Å². The number of amides is 1. The van der Waals surface area contributed by atoms with Gasteiger partial charge in [-0.05, 0) is 46.0 Å². The largest absolute Gasteiger partial charge is 0.338 e. The van der Waals surface area contributed by atoms with E-state index in [1.54, 1.807) is 13.8 Å². The molecular weight excluding hydrogens is 354 g/mol. The first kappa shape index (κ1) is 19.3. The molecule has 0 aliphatic carbocycles. The zero-order valence-electron chi connectivity index (χ0n) is 15.6. The maximum absolute atomic E-state index is 13.1. The molecule has 2 atom stereocenters. The second kappa shape index (κ2) is 7.66. The summed E-state index contributed by atoms with van der Waals surface area (Å²) in [5.74, 6) is -0.237. The van der Waals surface area contributed by atoms with Crippen molar-refractivity contribution in [1.82, 2.24) is 19.4 Å². The Kier molecular flexibility index (Phi) is 5.69. The van der Waals surface area contributed by atoms with E-state index >= 15 is 0 Å². The third kappa shape index (κ3) is 3.52. The Morgan fingerprint density at radius 2 is 2.00 bits per heavy atom. The zero-order valence-corrected chi connectivity index (χ0v) is 16.4. The van der Waals surface area contributed by atoms with Crippen molar-refractivity contribution >= 4 is 15.9 Å². The van der Waals surface area contributed by atoms with Crippen molar-refractivity contribution in [3.05, 3.63) is 11.4 Å². The molecule has 1 amide bonds. The molecule has 2 saturated heterocycles. The fraction of sp³-hybridized carbons (Fsp3) is 0.765. The van der Waals surface area contributed by atoms with Gasteiger partial charge in [-0.2, -0.15) is 9.40 Å². The molecule has 3 heterocycles. The number of likely N-dealkylation sites (tertiary alicyclic amines) is 1. The van der Waals surface area contributed by atoms with Crippen LogP contribution in [0.1, 0.15) is 43.5 Å². The summed E-state index contributed by atoms with van der Waals surface area (Å²) in [5, 5.41) is 6.74. The topological polar surface area (TPSA) is 112 Å². The summed E-state index contributed by atoms with van der Waals surface area (Å²) in [5.41, 5.74) is 6.85. The van der Waals surface area contributed by atoms with Crippen LogP contribution in [0.15, 0.2) is 4.90 Å². The highest BCUT2D eigenvalue weighted by Gasteiger charge is 2.38. The lowest BCUT2D eigenvalue weighted by atomic mass is 9.94. The first-order valence-electron chi connectivity index (χ1n) is 9.38. The number of nitrogens with two attached hydrogens (primary N) is 1. The average molecular weight is 384 g/mol. The smallest absolute Gasteiger partial charge is 0.246 e. The number of hydrogen-bond acceptors (Lipinski definition) is 5. The van der Waals surface area contributed by atoms with E-state index in [1.807, 2.05) is 4.90 Å². The fourth-order valence-corrected chi connectivity index (χ4v) is 6.04. The van der Waals surface area contributed by atoms with Crippen molar-refractivity contribution in [3.63, 3.8) is 0 Å². The van der Waals surface area contributed by atoms with Crippen LogP contribution in [-0.2, 0) is 14.8 Å². The second-order valence-corrected chi connectivity index (χ2v) is 9.26. The Hall–Kier alpha value is -1.45. The van der Waals surface area contributed by atoms with Crippen LogP contribution in [-0.4, -0.2) is 65.9 Å². The molecule has 8 nitrogen and oxygen atoms in total. The minimum absolute atomic E-state index is 0.0562. The SMILES string of the molecule is Cc1n[nH]c(C)c1S(=O)(=O)N1CCCC(C(=O)N2CCCCC2CN)C1. The summed E-state index contributed by atoms with van der Waals surface area (Å²) in [6, 6.07) is 0.0848. The van der Waals surface area contributed by atoms with Crippen LogP contribution in [0.4, 0.5) is 0 Å². The molecule has 3 rings (SSSR count). The van der Waals surface area contributed by atoms with Crippen LogP contribution >= 0.6 is 0 Å². The molecule has 26 heavy (non-hydrogen) atoms. The Morgan fingerprint density at radius 1 is 1.23 bits per heavy atom. The molecule has 0 bridgehead atoms.